The molecular weight excluding hydrogens is 394 g/mol. The lowest BCUT2D eigenvalue weighted by atomic mass is 10.2. The minimum absolute atomic E-state index is 0.0124. The third kappa shape index (κ3) is 5.15. The largest absolute Gasteiger partial charge is 0.381 e. The van der Waals surface area contributed by atoms with Gasteiger partial charge in [0.05, 0.1) is 11.1 Å². The molecule has 0 spiro atoms. The summed E-state index contributed by atoms with van der Waals surface area (Å²) in [6.07, 6.45) is 7.17. The number of aryl methyl sites for hydroxylation is 2. The van der Waals surface area contributed by atoms with Crippen LogP contribution in [0.5, 0.6) is 0 Å². The Hall–Kier alpha value is -1.38. The van der Waals surface area contributed by atoms with Crippen LogP contribution in [0, 0.1) is 5.92 Å². The molecule has 6 nitrogen and oxygen atoms in total. The summed E-state index contributed by atoms with van der Waals surface area (Å²) in [5, 5.41) is 3.73. The summed E-state index contributed by atoms with van der Waals surface area (Å²) >= 11 is 3.29. The predicted molar refractivity (Wildman–Crippen MR) is 114 cm³/mol. The van der Waals surface area contributed by atoms with Gasteiger partial charge >= 0.3 is 0 Å². The van der Waals surface area contributed by atoms with Gasteiger partial charge in [-0.25, -0.2) is 4.98 Å². The van der Waals surface area contributed by atoms with Crippen molar-refractivity contribution in [3.05, 3.63) is 26.6 Å². The van der Waals surface area contributed by atoms with Gasteiger partial charge in [0.1, 0.15) is 10.7 Å². The van der Waals surface area contributed by atoms with Crippen LogP contribution in [0.15, 0.2) is 4.79 Å². The van der Waals surface area contributed by atoms with Crippen molar-refractivity contribution in [2.45, 2.75) is 50.7 Å². The maximum Gasteiger partial charge on any atom is 0.259 e. The van der Waals surface area contributed by atoms with Crippen molar-refractivity contribution in [1.29, 1.82) is 0 Å². The number of hydrogen-bond acceptors (Lipinski definition) is 6. The SMILES string of the molecule is O=C(CCSCc1nc2sc3c(c2c(=O)[nH]1)CCC3)NCCCOCC1CC1. The quantitative estimate of drug-likeness (QED) is 0.545. The van der Waals surface area contributed by atoms with Gasteiger partial charge in [-0.1, -0.05) is 0 Å². The van der Waals surface area contributed by atoms with Crippen LogP contribution < -0.4 is 10.9 Å². The van der Waals surface area contributed by atoms with Crippen molar-refractivity contribution in [3.63, 3.8) is 0 Å². The van der Waals surface area contributed by atoms with Crippen LogP contribution in [0.1, 0.15) is 48.4 Å². The number of hydrogen-bond donors (Lipinski definition) is 2. The van der Waals surface area contributed by atoms with Crippen molar-refractivity contribution < 1.29 is 9.53 Å². The van der Waals surface area contributed by atoms with E-state index < -0.39 is 0 Å². The summed E-state index contributed by atoms with van der Waals surface area (Å²) in [6.45, 7) is 2.27. The molecule has 0 radical (unpaired) electrons. The average molecular weight is 422 g/mol. The average Bonchev–Trinajstić information content (AvgIpc) is 3.27. The number of carbonyl (C=O) groups excluding carboxylic acids is 1. The Bertz CT molecular complexity index is 889. The monoisotopic (exact) mass is 421 g/mol. The summed E-state index contributed by atoms with van der Waals surface area (Å²) in [5.41, 5.74) is 1.20. The molecule has 0 bridgehead atoms. The topological polar surface area (TPSA) is 84.1 Å². The standard InChI is InChI=1S/C20H27N3O3S2/c24-17(21-8-2-9-26-11-13-5-6-13)7-10-27-12-16-22-19(25)18-14-3-1-4-15(14)28-20(18)23-16/h13H,1-12H2,(H,21,24)(H,22,23,25). The van der Waals surface area contributed by atoms with Crippen LogP contribution in [0.25, 0.3) is 10.2 Å². The molecule has 0 aliphatic heterocycles. The van der Waals surface area contributed by atoms with Crippen LogP contribution in [-0.4, -0.2) is 41.4 Å². The first-order valence-electron chi connectivity index (χ1n) is 10.2. The van der Waals surface area contributed by atoms with Gasteiger partial charge in [-0.3, -0.25) is 9.59 Å². The van der Waals surface area contributed by atoms with Crippen molar-refractivity contribution >= 4 is 39.2 Å². The molecule has 0 unspecified atom stereocenters. The molecule has 2 N–H and O–H groups in total. The second-order valence-electron chi connectivity index (χ2n) is 7.57. The van der Waals surface area contributed by atoms with Gasteiger partial charge in [-0.2, -0.15) is 11.8 Å². The first-order valence-corrected chi connectivity index (χ1v) is 12.1. The first-order chi connectivity index (χ1) is 13.7. The molecule has 152 valence electrons. The molecule has 2 aromatic rings. The van der Waals surface area contributed by atoms with E-state index in [1.807, 2.05) is 0 Å². The number of thioether (sulfide) groups is 1. The maximum absolute atomic E-state index is 12.4. The van der Waals surface area contributed by atoms with Crippen molar-refractivity contribution in [3.8, 4) is 0 Å². The lowest BCUT2D eigenvalue weighted by Crippen LogP contribution is -2.25. The predicted octanol–water partition coefficient (Wildman–Crippen LogP) is 3.03. The number of aromatic amines is 1. The molecular formula is C20H27N3O3S2. The number of rotatable bonds is 11. The van der Waals surface area contributed by atoms with E-state index in [4.69, 9.17) is 4.74 Å². The Morgan fingerprint density at radius 2 is 2.25 bits per heavy atom. The van der Waals surface area contributed by atoms with E-state index in [1.165, 1.54) is 23.3 Å². The van der Waals surface area contributed by atoms with E-state index in [1.54, 1.807) is 23.1 Å². The fraction of sp³-hybridized carbons (Fsp3) is 0.650. The van der Waals surface area contributed by atoms with Crippen LogP contribution in [-0.2, 0) is 28.1 Å². The van der Waals surface area contributed by atoms with E-state index in [2.05, 4.69) is 15.3 Å². The minimum Gasteiger partial charge on any atom is -0.381 e. The lowest BCUT2D eigenvalue weighted by Gasteiger charge is -2.06. The number of aromatic nitrogens is 2. The highest BCUT2D eigenvalue weighted by molar-refractivity contribution is 7.98. The van der Waals surface area contributed by atoms with Crippen molar-refractivity contribution in [1.82, 2.24) is 15.3 Å². The molecule has 1 saturated carbocycles. The molecule has 0 atom stereocenters. The number of nitrogens with one attached hydrogen (secondary N) is 2. The summed E-state index contributed by atoms with van der Waals surface area (Å²) in [4.78, 5) is 34.1. The normalized spacial score (nSPS) is 15.9. The Kier molecular flexibility index (Phi) is 6.69. The van der Waals surface area contributed by atoms with Gasteiger partial charge in [0, 0.05) is 36.8 Å². The zero-order chi connectivity index (χ0) is 19.3. The van der Waals surface area contributed by atoms with Gasteiger partial charge in [0.2, 0.25) is 5.91 Å². The Morgan fingerprint density at radius 1 is 1.36 bits per heavy atom. The Labute approximate surface area is 172 Å². The number of fused-ring (bicyclic) bond motifs is 3. The summed E-state index contributed by atoms with van der Waals surface area (Å²) in [5.74, 6) is 2.90. The van der Waals surface area contributed by atoms with Gasteiger partial charge in [0.25, 0.3) is 5.56 Å². The maximum atomic E-state index is 12.4. The first kappa shape index (κ1) is 19.9. The molecule has 2 heterocycles. The number of amides is 1. The Balaban J connectivity index is 1.14. The summed E-state index contributed by atoms with van der Waals surface area (Å²) < 4.78 is 5.56. The second-order valence-corrected chi connectivity index (χ2v) is 9.76. The molecule has 4 rings (SSSR count). The fourth-order valence-corrected chi connectivity index (χ4v) is 5.56. The van der Waals surface area contributed by atoms with Gasteiger partial charge in [-0.05, 0) is 50.0 Å². The van der Waals surface area contributed by atoms with Crippen molar-refractivity contribution in [2.75, 3.05) is 25.5 Å². The molecule has 0 saturated heterocycles. The highest BCUT2D eigenvalue weighted by atomic mass is 32.2. The third-order valence-corrected chi connectivity index (χ3v) is 7.33. The molecule has 2 aliphatic rings. The van der Waals surface area contributed by atoms with Gasteiger partial charge in [-0.15, -0.1) is 11.3 Å². The van der Waals surface area contributed by atoms with E-state index in [0.717, 1.165) is 55.0 Å². The van der Waals surface area contributed by atoms with Crippen molar-refractivity contribution in [2.24, 2.45) is 5.92 Å². The van der Waals surface area contributed by atoms with E-state index in [0.29, 0.717) is 30.3 Å². The molecule has 1 fully saturated rings. The summed E-state index contributed by atoms with van der Waals surface area (Å²) in [6, 6.07) is 0. The van der Waals surface area contributed by atoms with Crippen LogP contribution in [0.4, 0.5) is 0 Å². The molecule has 2 aliphatic carbocycles. The minimum atomic E-state index is -0.0124. The van der Waals surface area contributed by atoms with E-state index >= 15 is 0 Å². The number of carbonyl (C=O) groups is 1. The second kappa shape index (κ2) is 9.41. The fourth-order valence-electron chi connectivity index (χ4n) is 3.47. The smallest absolute Gasteiger partial charge is 0.259 e. The highest BCUT2D eigenvalue weighted by Gasteiger charge is 2.21. The highest BCUT2D eigenvalue weighted by Crippen LogP contribution is 2.34. The Morgan fingerprint density at radius 3 is 3.11 bits per heavy atom. The molecule has 2 aromatic heterocycles. The van der Waals surface area contributed by atoms with Crippen LogP contribution in [0.2, 0.25) is 0 Å². The molecule has 0 aromatic carbocycles. The summed E-state index contributed by atoms with van der Waals surface area (Å²) in [7, 11) is 0. The van der Waals surface area contributed by atoms with Crippen LogP contribution >= 0.6 is 23.1 Å². The van der Waals surface area contributed by atoms with E-state index in [9.17, 15) is 9.59 Å². The van der Waals surface area contributed by atoms with Gasteiger partial charge in [0.15, 0.2) is 0 Å². The van der Waals surface area contributed by atoms with E-state index in [-0.39, 0.29) is 11.5 Å². The number of H-pyrrole nitrogens is 1. The molecule has 28 heavy (non-hydrogen) atoms. The number of thiophene rings is 1. The number of nitrogens with zero attached hydrogens (tertiary/aromatic N) is 1. The van der Waals surface area contributed by atoms with Gasteiger partial charge < -0.3 is 15.0 Å². The third-order valence-electron chi connectivity index (χ3n) is 5.17. The molecule has 1 amide bonds. The molecule has 8 heteroatoms. The van der Waals surface area contributed by atoms with Crippen LogP contribution in [0.3, 0.4) is 0 Å². The lowest BCUT2D eigenvalue weighted by molar-refractivity contribution is -0.120. The number of ether oxygens (including phenoxy) is 1. The zero-order valence-electron chi connectivity index (χ0n) is 16.1. The zero-order valence-corrected chi connectivity index (χ0v) is 17.7.